The summed E-state index contributed by atoms with van der Waals surface area (Å²) in [6, 6.07) is 0.234. The molecule has 18 heavy (non-hydrogen) atoms. The van der Waals surface area contributed by atoms with E-state index in [2.05, 4.69) is 12.2 Å². The van der Waals surface area contributed by atoms with Gasteiger partial charge >= 0.3 is 5.97 Å². The van der Waals surface area contributed by atoms with E-state index in [1.165, 1.54) is 25.7 Å². The minimum atomic E-state index is -0.867. The normalized spacial score (nSPS) is 31.3. The molecule has 0 unspecified atom stereocenters. The molecule has 2 N–H and O–H groups in total. The third-order valence-corrected chi connectivity index (χ3v) is 5.20. The van der Waals surface area contributed by atoms with Gasteiger partial charge in [-0.05, 0) is 43.9 Å². The first-order chi connectivity index (χ1) is 8.56. The minimum absolute atomic E-state index is 0.00404. The predicted molar refractivity (Wildman–Crippen MR) is 71.5 cm³/mol. The number of carboxylic acids is 1. The molecule has 4 atom stereocenters. The number of amides is 1. The van der Waals surface area contributed by atoms with Crippen molar-refractivity contribution in [1.82, 2.24) is 5.32 Å². The number of carbonyl (C=O) groups is 2. The molecule has 2 aliphatic carbocycles. The second kappa shape index (κ2) is 5.95. The summed E-state index contributed by atoms with van der Waals surface area (Å²) in [5, 5.41) is 11.5. The van der Waals surface area contributed by atoms with Crippen molar-refractivity contribution in [3.05, 3.63) is 0 Å². The molecule has 2 saturated carbocycles. The van der Waals surface area contributed by atoms with E-state index in [1.54, 1.807) is 0 Å². The van der Waals surface area contributed by atoms with Gasteiger partial charge in [-0.1, -0.05) is 6.42 Å². The molecule has 0 aliphatic heterocycles. The highest BCUT2D eigenvalue weighted by Gasteiger charge is 2.42. The number of aliphatic carboxylic acids is 1. The van der Waals surface area contributed by atoms with Crippen LogP contribution in [0.15, 0.2) is 0 Å². The molecule has 0 heterocycles. The first-order valence-corrected chi connectivity index (χ1v) is 7.80. The minimum Gasteiger partial charge on any atom is -0.481 e. The van der Waals surface area contributed by atoms with Crippen LogP contribution in [0.2, 0.25) is 0 Å². The van der Waals surface area contributed by atoms with Crippen LogP contribution in [0.3, 0.4) is 0 Å². The Hall–Kier alpha value is -0.710. The number of fused-ring (bicyclic) bond motifs is 2. The van der Waals surface area contributed by atoms with Crippen LogP contribution in [0.1, 0.15) is 32.6 Å². The van der Waals surface area contributed by atoms with E-state index in [-0.39, 0.29) is 23.5 Å². The Kier molecular flexibility index (Phi) is 4.54. The summed E-state index contributed by atoms with van der Waals surface area (Å²) in [7, 11) is 0. The van der Waals surface area contributed by atoms with Crippen molar-refractivity contribution in [2.45, 2.75) is 38.6 Å². The topological polar surface area (TPSA) is 66.4 Å². The van der Waals surface area contributed by atoms with Gasteiger partial charge in [-0.2, -0.15) is 0 Å². The lowest BCUT2D eigenvalue weighted by molar-refractivity contribution is -0.133. The van der Waals surface area contributed by atoms with Crippen LogP contribution in [-0.2, 0) is 9.59 Å². The summed E-state index contributed by atoms with van der Waals surface area (Å²) < 4.78 is 0. The maximum absolute atomic E-state index is 11.7. The van der Waals surface area contributed by atoms with E-state index in [1.807, 2.05) is 0 Å². The van der Waals surface area contributed by atoms with Gasteiger partial charge in [0.15, 0.2) is 0 Å². The van der Waals surface area contributed by atoms with Crippen LogP contribution in [-0.4, -0.2) is 34.5 Å². The third kappa shape index (κ3) is 3.40. The Morgan fingerprint density at radius 1 is 1.33 bits per heavy atom. The highest BCUT2D eigenvalue weighted by Crippen LogP contribution is 2.49. The lowest BCUT2D eigenvalue weighted by Gasteiger charge is -2.28. The number of nitrogens with one attached hydrogen (secondary N) is 1. The standard InChI is InChI=1S/C13H21NO3S/c1-8(11-5-9-2-3-10(11)4-9)14-12(15)6-18-7-13(16)17/h8-11H,2-7H2,1H3,(H,14,15)(H,16,17)/t8-,9+,10+,11-/m0/s1. The number of carbonyl (C=O) groups excluding carboxylic acids is 1. The number of carboxylic acid groups (broad SMARTS) is 1. The zero-order valence-corrected chi connectivity index (χ0v) is 11.5. The Morgan fingerprint density at radius 2 is 2.11 bits per heavy atom. The number of thioether (sulfide) groups is 1. The molecular weight excluding hydrogens is 250 g/mol. The van der Waals surface area contributed by atoms with E-state index in [0.717, 1.165) is 23.6 Å². The van der Waals surface area contributed by atoms with Gasteiger partial charge in [-0.25, -0.2) is 0 Å². The lowest BCUT2D eigenvalue weighted by atomic mass is 9.84. The van der Waals surface area contributed by atoms with Crippen LogP contribution in [0.25, 0.3) is 0 Å². The quantitative estimate of drug-likeness (QED) is 0.772. The molecule has 1 amide bonds. The van der Waals surface area contributed by atoms with Crippen molar-refractivity contribution in [2.24, 2.45) is 17.8 Å². The number of hydrogen-bond acceptors (Lipinski definition) is 3. The van der Waals surface area contributed by atoms with Gasteiger partial charge < -0.3 is 10.4 Å². The summed E-state index contributed by atoms with van der Waals surface area (Å²) >= 11 is 1.16. The molecule has 2 fully saturated rings. The highest BCUT2D eigenvalue weighted by atomic mass is 32.2. The van der Waals surface area contributed by atoms with Crippen LogP contribution in [0.5, 0.6) is 0 Å². The molecular formula is C13H21NO3S. The van der Waals surface area contributed by atoms with Crippen molar-refractivity contribution >= 4 is 23.6 Å². The van der Waals surface area contributed by atoms with Gasteiger partial charge in [0.05, 0.1) is 11.5 Å². The molecule has 2 aliphatic rings. The van der Waals surface area contributed by atoms with Crippen LogP contribution in [0, 0.1) is 17.8 Å². The molecule has 2 rings (SSSR count). The fourth-order valence-electron chi connectivity index (χ4n) is 3.54. The lowest BCUT2D eigenvalue weighted by Crippen LogP contribution is -2.41. The van der Waals surface area contributed by atoms with Gasteiger partial charge in [-0.15, -0.1) is 11.8 Å². The molecule has 5 heteroatoms. The molecule has 4 nitrogen and oxygen atoms in total. The number of rotatable bonds is 6. The summed E-state index contributed by atoms with van der Waals surface area (Å²) in [5.74, 6) is 1.67. The fourth-order valence-corrected chi connectivity index (χ4v) is 4.09. The van der Waals surface area contributed by atoms with Crippen molar-refractivity contribution < 1.29 is 14.7 Å². The van der Waals surface area contributed by atoms with E-state index in [0.29, 0.717) is 5.92 Å². The molecule has 0 spiro atoms. The summed E-state index contributed by atoms with van der Waals surface area (Å²) in [4.78, 5) is 22.0. The molecule has 0 saturated heterocycles. The summed E-state index contributed by atoms with van der Waals surface area (Å²) in [6.07, 6.45) is 5.30. The Labute approximate surface area is 112 Å². The van der Waals surface area contributed by atoms with Crippen LogP contribution < -0.4 is 5.32 Å². The maximum Gasteiger partial charge on any atom is 0.313 e. The van der Waals surface area contributed by atoms with Crippen molar-refractivity contribution in [3.8, 4) is 0 Å². The second-order valence-electron chi connectivity index (χ2n) is 5.58. The van der Waals surface area contributed by atoms with E-state index >= 15 is 0 Å². The molecule has 102 valence electrons. The second-order valence-corrected chi connectivity index (χ2v) is 6.57. The molecule has 0 aromatic heterocycles. The van der Waals surface area contributed by atoms with Crippen LogP contribution in [0.4, 0.5) is 0 Å². The smallest absolute Gasteiger partial charge is 0.313 e. The predicted octanol–water partition coefficient (Wildman–Crippen LogP) is 1.75. The highest BCUT2D eigenvalue weighted by molar-refractivity contribution is 8.00. The maximum atomic E-state index is 11.7. The van der Waals surface area contributed by atoms with Gasteiger partial charge in [0.2, 0.25) is 5.91 Å². The molecule has 0 aromatic rings. The SMILES string of the molecule is C[C@H](NC(=O)CSCC(=O)O)[C@@H]1C[C@@H]2CC[C@@H]1C2. The van der Waals surface area contributed by atoms with E-state index in [9.17, 15) is 9.59 Å². The largest absolute Gasteiger partial charge is 0.481 e. The average molecular weight is 271 g/mol. The first-order valence-electron chi connectivity index (χ1n) is 6.65. The van der Waals surface area contributed by atoms with Gasteiger partial charge in [-0.3, -0.25) is 9.59 Å². The van der Waals surface area contributed by atoms with Crippen molar-refractivity contribution in [2.75, 3.05) is 11.5 Å². The Morgan fingerprint density at radius 3 is 2.67 bits per heavy atom. The molecule has 0 radical (unpaired) electrons. The van der Waals surface area contributed by atoms with Crippen LogP contribution >= 0.6 is 11.8 Å². The Bertz CT molecular complexity index is 334. The number of hydrogen-bond donors (Lipinski definition) is 2. The van der Waals surface area contributed by atoms with Gasteiger partial charge in [0.1, 0.15) is 0 Å². The summed E-state index contributed by atoms with van der Waals surface area (Å²) in [5.41, 5.74) is 0. The Balaban J connectivity index is 1.69. The zero-order valence-electron chi connectivity index (χ0n) is 10.7. The van der Waals surface area contributed by atoms with E-state index < -0.39 is 5.97 Å². The molecule has 2 bridgehead atoms. The van der Waals surface area contributed by atoms with Gasteiger partial charge in [0, 0.05) is 6.04 Å². The third-order valence-electron chi connectivity index (χ3n) is 4.28. The van der Waals surface area contributed by atoms with Gasteiger partial charge in [0.25, 0.3) is 0 Å². The monoisotopic (exact) mass is 271 g/mol. The molecule has 0 aromatic carbocycles. The first kappa shape index (κ1) is 13.7. The zero-order chi connectivity index (χ0) is 13.1. The summed E-state index contributed by atoms with van der Waals surface area (Å²) in [6.45, 7) is 2.09. The van der Waals surface area contributed by atoms with Crippen molar-refractivity contribution in [3.63, 3.8) is 0 Å². The average Bonchev–Trinajstić information content (AvgIpc) is 2.89. The van der Waals surface area contributed by atoms with E-state index in [4.69, 9.17) is 5.11 Å². The fraction of sp³-hybridized carbons (Fsp3) is 0.846. The van der Waals surface area contributed by atoms with Crippen molar-refractivity contribution in [1.29, 1.82) is 0 Å².